The lowest BCUT2D eigenvalue weighted by molar-refractivity contribution is 0.0919. The summed E-state index contributed by atoms with van der Waals surface area (Å²) in [5, 5.41) is 2.98. The van der Waals surface area contributed by atoms with E-state index in [1.807, 2.05) is 45.0 Å². The van der Waals surface area contributed by atoms with Crippen molar-refractivity contribution in [3.05, 3.63) is 59.7 Å². The zero-order valence-corrected chi connectivity index (χ0v) is 14.1. The fraction of sp³-hybridized carbons (Fsp3) is 0.350. The van der Waals surface area contributed by atoms with Gasteiger partial charge in [-0.25, -0.2) is 0 Å². The van der Waals surface area contributed by atoms with E-state index in [2.05, 4.69) is 43.4 Å². The number of hydrogen-bond acceptors (Lipinski definition) is 1. The SMILES string of the molecule is CC(C)c1cccc(-c2ccc(C(=O)NC(C)(C)C)cc2)c1. The van der Waals surface area contributed by atoms with Gasteiger partial charge < -0.3 is 5.32 Å². The molecule has 2 aromatic rings. The molecule has 1 amide bonds. The lowest BCUT2D eigenvalue weighted by Gasteiger charge is -2.20. The molecule has 0 atom stereocenters. The van der Waals surface area contributed by atoms with E-state index in [0.29, 0.717) is 11.5 Å². The molecule has 2 heteroatoms. The number of rotatable bonds is 3. The smallest absolute Gasteiger partial charge is 0.251 e. The highest BCUT2D eigenvalue weighted by molar-refractivity contribution is 5.95. The van der Waals surface area contributed by atoms with E-state index in [1.165, 1.54) is 11.1 Å². The zero-order chi connectivity index (χ0) is 16.3. The van der Waals surface area contributed by atoms with Crippen LogP contribution in [0, 0.1) is 0 Å². The number of benzene rings is 2. The largest absolute Gasteiger partial charge is 0.347 e. The van der Waals surface area contributed by atoms with Gasteiger partial charge >= 0.3 is 0 Å². The Balaban J connectivity index is 2.22. The molecule has 1 N–H and O–H groups in total. The molecule has 0 fully saturated rings. The van der Waals surface area contributed by atoms with Crippen LogP contribution < -0.4 is 5.32 Å². The maximum Gasteiger partial charge on any atom is 0.251 e. The Morgan fingerprint density at radius 2 is 1.59 bits per heavy atom. The highest BCUT2D eigenvalue weighted by Crippen LogP contribution is 2.24. The molecule has 22 heavy (non-hydrogen) atoms. The summed E-state index contributed by atoms with van der Waals surface area (Å²) < 4.78 is 0. The molecular weight excluding hydrogens is 270 g/mol. The minimum atomic E-state index is -0.221. The van der Waals surface area contributed by atoms with Crippen molar-refractivity contribution in [1.29, 1.82) is 0 Å². The molecule has 0 aromatic heterocycles. The van der Waals surface area contributed by atoms with Crippen LogP contribution >= 0.6 is 0 Å². The Labute approximate surface area is 133 Å². The quantitative estimate of drug-likeness (QED) is 0.847. The fourth-order valence-corrected chi connectivity index (χ4v) is 2.30. The fourth-order valence-electron chi connectivity index (χ4n) is 2.30. The second-order valence-corrected chi connectivity index (χ2v) is 7.06. The first kappa shape index (κ1) is 16.3. The third kappa shape index (κ3) is 4.20. The molecule has 0 aliphatic carbocycles. The van der Waals surface area contributed by atoms with Gasteiger partial charge in [0.2, 0.25) is 0 Å². The molecule has 116 valence electrons. The summed E-state index contributed by atoms with van der Waals surface area (Å²) in [5.41, 5.74) is 4.12. The Hall–Kier alpha value is -2.09. The van der Waals surface area contributed by atoms with Gasteiger partial charge in [-0.15, -0.1) is 0 Å². The van der Waals surface area contributed by atoms with E-state index >= 15 is 0 Å². The van der Waals surface area contributed by atoms with Crippen molar-refractivity contribution < 1.29 is 4.79 Å². The van der Waals surface area contributed by atoms with Crippen molar-refractivity contribution >= 4 is 5.91 Å². The maximum atomic E-state index is 12.1. The van der Waals surface area contributed by atoms with Crippen molar-refractivity contribution in [3.8, 4) is 11.1 Å². The maximum absolute atomic E-state index is 12.1. The highest BCUT2D eigenvalue weighted by atomic mass is 16.1. The molecule has 0 unspecified atom stereocenters. The number of amides is 1. The molecule has 0 spiro atoms. The third-order valence-electron chi connectivity index (χ3n) is 3.52. The molecule has 2 nitrogen and oxygen atoms in total. The normalized spacial score (nSPS) is 11.5. The van der Waals surface area contributed by atoms with E-state index in [9.17, 15) is 4.79 Å². The average Bonchev–Trinajstić information content (AvgIpc) is 2.46. The van der Waals surface area contributed by atoms with Gasteiger partial charge in [0, 0.05) is 11.1 Å². The number of carbonyl (C=O) groups excluding carboxylic acids is 1. The van der Waals surface area contributed by atoms with E-state index in [4.69, 9.17) is 0 Å². The van der Waals surface area contributed by atoms with E-state index < -0.39 is 0 Å². The van der Waals surface area contributed by atoms with Crippen LogP contribution in [-0.2, 0) is 0 Å². The predicted octanol–water partition coefficient (Wildman–Crippen LogP) is 5.01. The van der Waals surface area contributed by atoms with Gasteiger partial charge in [0.05, 0.1) is 0 Å². The summed E-state index contributed by atoms with van der Waals surface area (Å²) in [6.45, 7) is 10.3. The van der Waals surface area contributed by atoms with Crippen LogP contribution in [0.3, 0.4) is 0 Å². The Morgan fingerprint density at radius 3 is 2.14 bits per heavy atom. The lowest BCUT2D eigenvalue weighted by Crippen LogP contribution is -2.40. The number of nitrogens with one attached hydrogen (secondary N) is 1. The zero-order valence-electron chi connectivity index (χ0n) is 14.1. The standard InChI is InChI=1S/C20H25NO/c1-14(2)17-7-6-8-18(13-17)15-9-11-16(12-10-15)19(22)21-20(3,4)5/h6-14H,1-5H3,(H,21,22). The van der Waals surface area contributed by atoms with Gasteiger partial charge in [-0.3, -0.25) is 4.79 Å². The Morgan fingerprint density at radius 1 is 0.955 bits per heavy atom. The van der Waals surface area contributed by atoms with Crippen LogP contribution in [0.1, 0.15) is 56.5 Å². The number of carbonyl (C=O) groups is 1. The summed E-state index contributed by atoms with van der Waals surface area (Å²) in [7, 11) is 0. The van der Waals surface area contributed by atoms with E-state index in [0.717, 1.165) is 5.56 Å². The topological polar surface area (TPSA) is 29.1 Å². The van der Waals surface area contributed by atoms with Crippen LogP contribution in [0.4, 0.5) is 0 Å². The second-order valence-electron chi connectivity index (χ2n) is 7.06. The van der Waals surface area contributed by atoms with Crippen LogP contribution in [0.5, 0.6) is 0 Å². The third-order valence-corrected chi connectivity index (χ3v) is 3.52. The van der Waals surface area contributed by atoms with Crippen LogP contribution in [0.15, 0.2) is 48.5 Å². The predicted molar refractivity (Wildman–Crippen MR) is 93.2 cm³/mol. The first-order chi connectivity index (χ1) is 10.3. The van der Waals surface area contributed by atoms with Crippen molar-refractivity contribution in [2.45, 2.75) is 46.1 Å². The van der Waals surface area contributed by atoms with Crippen molar-refractivity contribution in [1.82, 2.24) is 5.32 Å². The van der Waals surface area contributed by atoms with Gasteiger partial charge in [0.1, 0.15) is 0 Å². The minimum absolute atomic E-state index is 0.0324. The second kappa shape index (κ2) is 6.35. The van der Waals surface area contributed by atoms with Crippen molar-refractivity contribution in [3.63, 3.8) is 0 Å². The summed E-state index contributed by atoms with van der Waals surface area (Å²) in [5.74, 6) is 0.478. The Kier molecular flexibility index (Phi) is 4.70. The molecule has 0 saturated heterocycles. The molecule has 2 rings (SSSR count). The lowest BCUT2D eigenvalue weighted by atomic mass is 9.97. The van der Waals surface area contributed by atoms with E-state index in [1.54, 1.807) is 0 Å². The molecular formula is C20H25NO. The van der Waals surface area contributed by atoms with Gasteiger partial charge in [-0.1, -0.05) is 50.2 Å². The van der Waals surface area contributed by atoms with Crippen molar-refractivity contribution in [2.24, 2.45) is 0 Å². The van der Waals surface area contributed by atoms with Crippen LogP contribution in [0.2, 0.25) is 0 Å². The molecule has 0 radical (unpaired) electrons. The van der Waals surface area contributed by atoms with Gasteiger partial charge in [-0.05, 0) is 55.5 Å². The summed E-state index contributed by atoms with van der Waals surface area (Å²) in [4.78, 5) is 12.1. The highest BCUT2D eigenvalue weighted by Gasteiger charge is 2.15. The average molecular weight is 295 g/mol. The summed E-state index contributed by atoms with van der Waals surface area (Å²) in [6, 6.07) is 16.4. The molecule has 0 heterocycles. The number of hydrogen-bond donors (Lipinski definition) is 1. The molecule has 0 bridgehead atoms. The first-order valence-electron chi connectivity index (χ1n) is 7.79. The monoisotopic (exact) mass is 295 g/mol. The van der Waals surface area contributed by atoms with Gasteiger partial charge in [-0.2, -0.15) is 0 Å². The van der Waals surface area contributed by atoms with Crippen molar-refractivity contribution in [2.75, 3.05) is 0 Å². The Bertz CT molecular complexity index is 648. The van der Waals surface area contributed by atoms with Gasteiger partial charge in [0.15, 0.2) is 0 Å². The van der Waals surface area contributed by atoms with Gasteiger partial charge in [0.25, 0.3) is 5.91 Å². The molecule has 2 aromatic carbocycles. The van der Waals surface area contributed by atoms with Crippen LogP contribution in [-0.4, -0.2) is 11.4 Å². The molecule has 0 aliphatic heterocycles. The first-order valence-corrected chi connectivity index (χ1v) is 7.79. The molecule has 0 saturated carbocycles. The summed E-state index contributed by atoms with van der Waals surface area (Å²) >= 11 is 0. The van der Waals surface area contributed by atoms with E-state index in [-0.39, 0.29) is 11.4 Å². The minimum Gasteiger partial charge on any atom is -0.347 e. The summed E-state index contributed by atoms with van der Waals surface area (Å²) in [6.07, 6.45) is 0. The van der Waals surface area contributed by atoms with Crippen LogP contribution in [0.25, 0.3) is 11.1 Å². The molecule has 0 aliphatic rings.